The summed E-state index contributed by atoms with van der Waals surface area (Å²) in [7, 11) is 0. The maximum atomic E-state index is 13.6. The highest BCUT2D eigenvalue weighted by molar-refractivity contribution is 5.75. The van der Waals surface area contributed by atoms with Crippen molar-refractivity contribution in [2.24, 2.45) is 5.41 Å². The number of rotatable bonds is 5. The van der Waals surface area contributed by atoms with Crippen LogP contribution in [0.4, 0.5) is 8.78 Å². The van der Waals surface area contributed by atoms with Crippen molar-refractivity contribution in [3.63, 3.8) is 0 Å². The van der Waals surface area contributed by atoms with Crippen molar-refractivity contribution in [1.82, 2.24) is 4.90 Å². The summed E-state index contributed by atoms with van der Waals surface area (Å²) < 4.78 is 26.8. The normalized spacial score (nSPS) is 23.1. The highest BCUT2D eigenvalue weighted by Gasteiger charge is 2.43. The van der Waals surface area contributed by atoms with Gasteiger partial charge >= 0.3 is 5.97 Å². The fourth-order valence-electron chi connectivity index (χ4n) is 2.96. The van der Waals surface area contributed by atoms with Gasteiger partial charge in [0, 0.05) is 18.7 Å². The number of nitrogens with zero attached hydrogens (tertiary/aromatic N) is 1. The standard InChI is InChI=1S/C15H19F2NO2/c1-2-5-15(14(19)20)6-7-18(10-15)9-11-8-12(16)3-4-13(11)17/h3-4,8H,2,5-7,9-10H2,1H3,(H,19,20). The number of aliphatic carboxylic acids is 1. The zero-order valence-electron chi connectivity index (χ0n) is 11.5. The average molecular weight is 283 g/mol. The second kappa shape index (κ2) is 5.87. The molecule has 1 saturated heterocycles. The first-order valence-electron chi connectivity index (χ1n) is 6.86. The molecule has 20 heavy (non-hydrogen) atoms. The molecule has 1 atom stereocenters. The second-order valence-corrected chi connectivity index (χ2v) is 5.53. The van der Waals surface area contributed by atoms with E-state index in [0.29, 0.717) is 25.9 Å². The van der Waals surface area contributed by atoms with Crippen molar-refractivity contribution >= 4 is 5.97 Å². The van der Waals surface area contributed by atoms with E-state index in [1.807, 2.05) is 11.8 Å². The van der Waals surface area contributed by atoms with Crippen molar-refractivity contribution in [3.05, 3.63) is 35.4 Å². The number of carbonyl (C=O) groups is 1. The summed E-state index contributed by atoms with van der Waals surface area (Å²) in [6.45, 7) is 3.20. The quantitative estimate of drug-likeness (QED) is 0.903. The maximum absolute atomic E-state index is 13.6. The van der Waals surface area contributed by atoms with Gasteiger partial charge in [0.1, 0.15) is 11.6 Å². The lowest BCUT2D eigenvalue weighted by atomic mass is 9.83. The van der Waals surface area contributed by atoms with E-state index in [1.54, 1.807) is 0 Å². The molecule has 1 fully saturated rings. The van der Waals surface area contributed by atoms with Crippen LogP contribution in [0.2, 0.25) is 0 Å². The zero-order chi connectivity index (χ0) is 14.8. The molecule has 1 heterocycles. The number of carboxylic acid groups (broad SMARTS) is 1. The number of hydrogen-bond acceptors (Lipinski definition) is 2. The van der Waals surface area contributed by atoms with E-state index in [4.69, 9.17) is 0 Å². The number of carboxylic acids is 1. The molecule has 1 unspecified atom stereocenters. The average Bonchev–Trinajstić information content (AvgIpc) is 2.79. The Hall–Kier alpha value is -1.49. The molecule has 0 aromatic heterocycles. The topological polar surface area (TPSA) is 40.5 Å². The summed E-state index contributed by atoms with van der Waals surface area (Å²) in [5, 5.41) is 9.42. The van der Waals surface area contributed by atoms with Gasteiger partial charge in [-0.05, 0) is 37.6 Å². The Kier molecular flexibility index (Phi) is 4.38. The van der Waals surface area contributed by atoms with Gasteiger partial charge in [-0.2, -0.15) is 0 Å². The molecular weight excluding hydrogens is 264 g/mol. The first-order chi connectivity index (χ1) is 9.47. The molecule has 1 N–H and O–H groups in total. The molecule has 0 spiro atoms. The highest BCUT2D eigenvalue weighted by Crippen LogP contribution is 2.36. The molecule has 0 radical (unpaired) electrons. The van der Waals surface area contributed by atoms with Crippen LogP contribution in [0, 0.1) is 17.0 Å². The Bertz CT molecular complexity index is 507. The van der Waals surface area contributed by atoms with E-state index in [2.05, 4.69) is 0 Å². The second-order valence-electron chi connectivity index (χ2n) is 5.53. The zero-order valence-corrected chi connectivity index (χ0v) is 11.5. The Morgan fingerprint density at radius 1 is 1.45 bits per heavy atom. The first kappa shape index (κ1) is 14.9. The van der Waals surface area contributed by atoms with Gasteiger partial charge in [0.25, 0.3) is 0 Å². The number of hydrogen-bond donors (Lipinski definition) is 1. The minimum atomic E-state index is -0.790. The lowest BCUT2D eigenvalue weighted by Crippen LogP contribution is -2.34. The molecule has 1 aliphatic heterocycles. The smallest absolute Gasteiger partial charge is 0.310 e. The number of likely N-dealkylation sites (tertiary alicyclic amines) is 1. The molecule has 1 aliphatic rings. The Balaban J connectivity index is 2.09. The van der Waals surface area contributed by atoms with E-state index in [-0.39, 0.29) is 12.1 Å². The monoisotopic (exact) mass is 283 g/mol. The summed E-state index contributed by atoms with van der Waals surface area (Å²) in [6.07, 6.45) is 1.98. The van der Waals surface area contributed by atoms with Gasteiger partial charge in [-0.3, -0.25) is 9.69 Å². The van der Waals surface area contributed by atoms with E-state index in [0.717, 1.165) is 18.6 Å². The van der Waals surface area contributed by atoms with Gasteiger partial charge in [0.15, 0.2) is 0 Å². The predicted molar refractivity (Wildman–Crippen MR) is 71.2 cm³/mol. The fourth-order valence-corrected chi connectivity index (χ4v) is 2.96. The van der Waals surface area contributed by atoms with Crippen molar-refractivity contribution in [2.45, 2.75) is 32.7 Å². The van der Waals surface area contributed by atoms with Crippen LogP contribution >= 0.6 is 0 Å². The van der Waals surface area contributed by atoms with Crippen LogP contribution in [0.5, 0.6) is 0 Å². The highest BCUT2D eigenvalue weighted by atomic mass is 19.1. The Labute approximate surface area is 117 Å². The predicted octanol–water partition coefficient (Wildman–Crippen LogP) is 3.04. The van der Waals surface area contributed by atoms with Crippen LogP contribution in [-0.4, -0.2) is 29.1 Å². The van der Waals surface area contributed by atoms with Crippen LogP contribution in [0.25, 0.3) is 0 Å². The van der Waals surface area contributed by atoms with Crippen LogP contribution in [-0.2, 0) is 11.3 Å². The SMILES string of the molecule is CCCC1(C(=O)O)CCN(Cc2cc(F)ccc2F)C1. The maximum Gasteiger partial charge on any atom is 0.310 e. The van der Waals surface area contributed by atoms with Gasteiger partial charge in [0.05, 0.1) is 5.41 Å². The third-order valence-corrected chi connectivity index (χ3v) is 4.02. The Morgan fingerprint density at radius 2 is 2.20 bits per heavy atom. The van der Waals surface area contributed by atoms with Crippen LogP contribution in [0.1, 0.15) is 31.7 Å². The third-order valence-electron chi connectivity index (χ3n) is 4.02. The molecule has 0 aliphatic carbocycles. The lowest BCUT2D eigenvalue weighted by molar-refractivity contribution is -0.148. The molecule has 0 bridgehead atoms. The van der Waals surface area contributed by atoms with Crippen molar-refractivity contribution in [1.29, 1.82) is 0 Å². The van der Waals surface area contributed by atoms with Gasteiger partial charge in [-0.15, -0.1) is 0 Å². The summed E-state index contributed by atoms with van der Waals surface area (Å²) in [6, 6.07) is 3.37. The largest absolute Gasteiger partial charge is 0.481 e. The number of halogens is 2. The summed E-state index contributed by atoms with van der Waals surface area (Å²) in [4.78, 5) is 13.4. The summed E-state index contributed by atoms with van der Waals surface area (Å²) in [5.41, 5.74) is -0.457. The Morgan fingerprint density at radius 3 is 2.85 bits per heavy atom. The third kappa shape index (κ3) is 2.98. The molecule has 3 nitrogen and oxygen atoms in total. The van der Waals surface area contributed by atoms with E-state index < -0.39 is 23.0 Å². The van der Waals surface area contributed by atoms with Crippen LogP contribution < -0.4 is 0 Å². The fraction of sp³-hybridized carbons (Fsp3) is 0.533. The van der Waals surface area contributed by atoms with Crippen molar-refractivity contribution < 1.29 is 18.7 Å². The van der Waals surface area contributed by atoms with Gasteiger partial charge in [-0.1, -0.05) is 13.3 Å². The van der Waals surface area contributed by atoms with Crippen LogP contribution in [0.15, 0.2) is 18.2 Å². The van der Waals surface area contributed by atoms with E-state index in [1.165, 1.54) is 6.07 Å². The minimum absolute atomic E-state index is 0.252. The van der Waals surface area contributed by atoms with E-state index in [9.17, 15) is 18.7 Å². The van der Waals surface area contributed by atoms with Gasteiger partial charge in [0.2, 0.25) is 0 Å². The molecular formula is C15H19F2NO2. The molecule has 0 amide bonds. The molecule has 2 rings (SSSR count). The van der Waals surface area contributed by atoms with Crippen molar-refractivity contribution in [2.75, 3.05) is 13.1 Å². The number of benzene rings is 1. The molecule has 110 valence electrons. The van der Waals surface area contributed by atoms with Crippen molar-refractivity contribution in [3.8, 4) is 0 Å². The van der Waals surface area contributed by atoms with Crippen LogP contribution in [0.3, 0.4) is 0 Å². The molecule has 1 aromatic carbocycles. The minimum Gasteiger partial charge on any atom is -0.481 e. The molecule has 5 heteroatoms. The molecule has 0 saturated carbocycles. The summed E-state index contributed by atoms with van der Waals surface area (Å²) in [5.74, 6) is -1.71. The first-order valence-corrected chi connectivity index (χ1v) is 6.86. The van der Waals surface area contributed by atoms with E-state index >= 15 is 0 Å². The lowest BCUT2D eigenvalue weighted by Gasteiger charge is -2.24. The molecule has 1 aromatic rings. The summed E-state index contributed by atoms with van der Waals surface area (Å²) >= 11 is 0. The van der Waals surface area contributed by atoms with Gasteiger partial charge < -0.3 is 5.11 Å². The van der Waals surface area contributed by atoms with Gasteiger partial charge in [-0.25, -0.2) is 8.78 Å².